The lowest BCUT2D eigenvalue weighted by atomic mass is 10.0. The average Bonchev–Trinajstić information content (AvgIpc) is 2.59. The first kappa shape index (κ1) is 17.4. The zero-order chi connectivity index (χ0) is 17.5. The number of hydrogen-bond donors (Lipinski definition) is 2. The van der Waals surface area contributed by atoms with Gasteiger partial charge >= 0.3 is 0 Å². The molecule has 2 aromatic rings. The number of benzene rings is 2. The largest absolute Gasteiger partial charge is 0.355 e. The number of ketones is 1. The Morgan fingerprint density at radius 1 is 0.917 bits per heavy atom. The molecule has 2 aromatic carbocycles. The maximum Gasteiger partial charge on any atom is 0.251 e. The Balaban J connectivity index is 1.90. The predicted octanol–water partition coefficient (Wildman–Crippen LogP) is 2.96. The third-order valence-corrected chi connectivity index (χ3v) is 3.59. The fourth-order valence-corrected chi connectivity index (χ4v) is 2.22. The lowest BCUT2D eigenvalue weighted by Gasteiger charge is -2.07. The van der Waals surface area contributed by atoms with Crippen molar-refractivity contribution in [2.45, 2.75) is 19.8 Å². The monoisotopic (exact) mass is 324 g/mol. The molecule has 0 aliphatic carbocycles. The van der Waals surface area contributed by atoms with Crippen molar-refractivity contribution in [3.05, 3.63) is 65.2 Å². The van der Waals surface area contributed by atoms with E-state index in [1.165, 1.54) is 0 Å². The van der Waals surface area contributed by atoms with Gasteiger partial charge in [0.2, 0.25) is 5.91 Å². The number of aryl methyl sites for hydroxylation is 1. The Morgan fingerprint density at radius 3 is 2.29 bits per heavy atom. The molecular formula is C19H20N2O3. The summed E-state index contributed by atoms with van der Waals surface area (Å²) in [5.41, 5.74) is 2.69. The molecule has 0 spiro atoms. The maximum atomic E-state index is 12.1. The van der Waals surface area contributed by atoms with Crippen LogP contribution in [0.5, 0.6) is 0 Å². The average molecular weight is 324 g/mol. The summed E-state index contributed by atoms with van der Waals surface area (Å²) in [6.07, 6.45) is 0.237. The van der Waals surface area contributed by atoms with Gasteiger partial charge in [0.05, 0.1) is 0 Å². The third kappa shape index (κ3) is 4.78. The van der Waals surface area contributed by atoms with Crippen LogP contribution in [0.1, 0.15) is 39.1 Å². The Kier molecular flexibility index (Phi) is 5.84. The molecule has 0 heterocycles. The standard InChI is InChI=1S/C19H20N2O3/c1-13-6-8-14(9-7-13)17(22)10-11-18(23)21-16-5-3-4-15(12-16)19(24)20-2/h3-9,12H,10-11H2,1-2H3,(H,20,24)(H,21,23). The molecule has 0 saturated heterocycles. The molecule has 0 unspecified atom stereocenters. The minimum atomic E-state index is -0.260. The Morgan fingerprint density at radius 2 is 1.62 bits per heavy atom. The summed E-state index contributed by atoms with van der Waals surface area (Å²) in [6.45, 7) is 1.95. The van der Waals surface area contributed by atoms with Crippen LogP contribution >= 0.6 is 0 Å². The van der Waals surface area contributed by atoms with Gasteiger partial charge in [-0.05, 0) is 25.1 Å². The van der Waals surface area contributed by atoms with Gasteiger partial charge in [0, 0.05) is 36.7 Å². The molecule has 24 heavy (non-hydrogen) atoms. The molecule has 124 valence electrons. The zero-order valence-electron chi connectivity index (χ0n) is 13.8. The summed E-state index contributed by atoms with van der Waals surface area (Å²) in [4.78, 5) is 35.6. The van der Waals surface area contributed by atoms with E-state index in [9.17, 15) is 14.4 Å². The van der Waals surface area contributed by atoms with Crippen molar-refractivity contribution in [2.24, 2.45) is 0 Å². The fraction of sp³-hybridized carbons (Fsp3) is 0.211. The van der Waals surface area contributed by atoms with E-state index in [2.05, 4.69) is 10.6 Å². The van der Waals surface area contributed by atoms with Crippen molar-refractivity contribution in [1.82, 2.24) is 5.32 Å². The van der Waals surface area contributed by atoms with Crippen molar-refractivity contribution in [1.29, 1.82) is 0 Å². The first-order chi connectivity index (χ1) is 11.5. The second-order valence-electron chi connectivity index (χ2n) is 5.50. The minimum Gasteiger partial charge on any atom is -0.355 e. The molecule has 2 rings (SSSR count). The molecule has 0 atom stereocenters. The molecule has 0 aliphatic rings. The van der Waals surface area contributed by atoms with Crippen LogP contribution in [-0.4, -0.2) is 24.6 Å². The molecule has 0 radical (unpaired) electrons. The van der Waals surface area contributed by atoms with E-state index in [1.54, 1.807) is 43.4 Å². The van der Waals surface area contributed by atoms with Gasteiger partial charge in [0.1, 0.15) is 0 Å². The van der Waals surface area contributed by atoms with Crippen molar-refractivity contribution in [3.8, 4) is 0 Å². The molecule has 0 aromatic heterocycles. The van der Waals surface area contributed by atoms with Gasteiger partial charge in [-0.3, -0.25) is 14.4 Å². The van der Waals surface area contributed by atoms with Crippen LogP contribution < -0.4 is 10.6 Å². The van der Waals surface area contributed by atoms with Gasteiger partial charge in [-0.1, -0.05) is 35.9 Å². The van der Waals surface area contributed by atoms with Gasteiger partial charge in [0.15, 0.2) is 5.78 Å². The summed E-state index contributed by atoms with van der Waals surface area (Å²) in [6, 6.07) is 13.9. The highest BCUT2D eigenvalue weighted by molar-refractivity contribution is 6.00. The van der Waals surface area contributed by atoms with Crippen LogP contribution in [0.3, 0.4) is 0 Å². The summed E-state index contributed by atoms with van der Waals surface area (Å²) in [5, 5.41) is 5.23. The van der Waals surface area contributed by atoms with Gasteiger partial charge in [-0.2, -0.15) is 0 Å². The summed E-state index contributed by atoms with van der Waals surface area (Å²) in [5.74, 6) is -0.547. The number of carbonyl (C=O) groups excluding carboxylic acids is 3. The lowest BCUT2D eigenvalue weighted by molar-refractivity contribution is -0.116. The lowest BCUT2D eigenvalue weighted by Crippen LogP contribution is -2.18. The van der Waals surface area contributed by atoms with E-state index >= 15 is 0 Å². The smallest absolute Gasteiger partial charge is 0.251 e. The number of hydrogen-bond acceptors (Lipinski definition) is 3. The SMILES string of the molecule is CNC(=O)c1cccc(NC(=O)CCC(=O)c2ccc(C)cc2)c1. The second-order valence-corrected chi connectivity index (χ2v) is 5.50. The molecule has 5 heteroatoms. The van der Waals surface area contributed by atoms with E-state index in [0.29, 0.717) is 16.8 Å². The number of carbonyl (C=O) groups is 3. The first-order valence-corrected chi connectivity index (χ1v) is 7.71. The molecule has 5 nitrogen and oxygen atoms in total. The Hall–Kier alpha value is -2.95. The van der Waals surface area contributed by atoms with Crippen molar-refractivity contribution in [3.63, 3.8) is 0 Å². The second kappa shape index (κ2) is 8.06. The Bertz CT molecular complexity index is 751. The van der Waals surface area contributed by atoms with Crippen LogP contribution in [0, 0.1) is 6.92 Å². The van der Waals surface area contributed by atoms with Gasteiger partial charge in [-0.25, -0.2) is 0 Å². The molecule has 2 N–H and O–H groups in total. The molecule has 0 saturated carbocycles. The van der Waals surface area contributed by atoms with Crippen LogP contribution in [-0.2, 0) is 4.79 Å². The summed E-state index contributed by atoms with van der Waals surface area (Å²) >= 11 is 0. The fourth-order valence-electron chi connectivity index (χ4n) is 2.22. The molecular weight excluding hydrogens is 304 g/mol. The van der Waals surface area contributed by atoms with Crippen LogP contribution in [0.4, 0.5) is 5.69 Å². The van der Waals surface area contributed by atoms with E-state index < -0.39 is 0 Å². The molecule has 0 bridgehead atoms. The van der Waals surface area contributed by atoms with Gasteiger partial charge in [0.25, 0.3) is 5.91 Å². The van der Waals surface area contributed by atoms with E-state index in [-0.39, 0.29) is 30.4 Å². The number of nitrogens with one attached hydrogen (secondary N) is 2. The first-order valence-electron chi connectivity index (χ1n) is 7.71. The van der Waals surface area contributed by atoms with E-state index in [0.717, 1.165) is 5.56 Å². The number of amides is 2. The highest BCUT2D eigenvalue weighted by Crippen LogP contribution is 2.12. The summed E-state index contributed by atoms with van der Waals surface area (Å²) in [7, 11) is 1.55. The quantitative estimate of drug-likeness (QED) is 0.802. The number of rotatable bonds is 6. The van der Waals surface area contributed by atoms with E-state index in [1.807, 2.05) is 19.1 Å². The van der Waals surface area contributed by atoms with Gasteiger partial charge < -0.3 is 10.6 Å². The maximum absolute atomic E-state index is 12.1. The summed E-state index contributed by atoms with van der Waals surface area (Å²) < 4.78 is 0. The minimum absolute atomic E-state index is 0.0655. The van der Waals surface area contributed by atoms with Crippen molar-refractivity contribution >= 4 is 23.3 Å². The zero-order valence-corrected chi connectivity index (χ0v) is 13.8. The highest BCUT2D eigenvalue weighted by atomic mass is 16.2. The number of anilines is 1. The Labute approximate surface area is 141 Å². The topological polar surface area (TPSA) is 75.3 Å². The molecule has 0 fully saturated rings. The predicted molar refractivity (Wildman–Crippen MR) is 93.2 cm³/mol. The van der Waals surface area contributed by atoms with Crippen molar-refractivity contribution in [2.75, 3.05) is 12.4 Å². The van der Waals surface area contributed by atoms with Gasteiger partial charge in [-0.15, -0.1) is 0 Å². The number of Topliss-reactive ketones (excluding diaryl/α,β-unsaturated/α-hetero) is 1. The third-order valence-electron chi connectivity index (χ3n) is 3.59. The van der Waals surface area contributed by atoms with Crippen LogP contribution in [0.25, 0.3) is 0 Å². The highest BCUT2D eigenvalue weighted by Gasteiger charge is 2.10. The normalized spacial score (nSPS) is 10.1. The van der Waals surface area contributed by atoms with Crippen molar-refractivity contribution < 1.29 is 14.4 Å². The van der Waals surface area contributed by atoms with E-state index in [4.69, 9.17) is 0 Å². The van der Waals surface area contributed by atoms with Crippen LogP contribution in [0.15, 0.2) is 48.5 Å². The molecule has 0 aliphatic heterocycles. The molecule has 2 amide bonds. The van der Waals surface area contributed by atoms with Crippen LogP contribution in [0.2, 0.25) is 0 Å².